The van der Waals surface area contributed by atoms with E-state index in [2.05, 4.69) is 15.9 Å². The average Bonchev–Trinajstić information content (AvgIpc) is 2.03. The van der Waals surface area contributed by atoms with Gasteiger partial charge >= 0.3 is 5.97 Å². The van der Waals surface area contributed by atoms with Crippen LogP contribution >= 0.6 is 15.9 Å². The Morgan fingerprint density at radius 2 is 2.23 bits per heavy atom. The molecular formula is C9H8BrFO2. The first kappa shape index (κ1) is 10.2. The van der Waals surface area contributed by atoms with Gasteiger partial charge in [-0.2, -0.15) is 0 Å². The van der Waals surface area contributed by atoms with Crippen LogP contribution in [0.4, 0.5) is 4.39 Å². The van der Waals surface area contributed by atoms with Crippen LogP contribution in [0.2, 0.25) is 0 Å². The number of halogens is 2. The molecule has 1 rings (SSSR count). The number of hydrogen-bond acceptors (Lipinski definition) is 1. The number of carboxylic acids is 1. The van der Waals surface area contributed by atoms with Crippen molar-refractivity contribution in [3.8, 4) is 0 Å². The van der Waals surface area contributed by atoms with Crippen molar-refractivity contribution in [1.82, 2.24) is 0 Å². The summed E-state index contributed by atoms with van der Waals surface area (Å²) >= 11 is 3.16. The third-order valence-electron chi connectivity index (χ3n) is 1.62. The lowest BCUT2D eigenvalue weighted by molar-refractivity contribution is -0.136. The van der Waals surface area contributed by atoms with Crippen LogP contribution < -0.4 is 0 Å². The van der Waals surface area contributed by atoms with Gasteiger partial charge in [-0.3, -0.25) is 4.79 Å². The van der Waals surface area contributed by atoms with Crippen LogP contribution in [-0.4, -0.2) is 11.1 Å². The second-order valence-electron chi connectivity index (χ2n) is 2.63. The zero-order valence-corrected chi connectivity index (χ0v) is 8.34. The first-order valence-corrected chi connectivity index (χ1v) is 4.48. The molecule has 1 aromatic rings. The van der Waals surface area contributed by atoms with Crippen molar-refractivity contribution in [3.05, 3.63) is 33.8 Å². The Labute approximate surface area is 83.5 Å². The molecule has 1 aromatic carbocycles. The quantitative estimate of drug-likeness (QED) is 0.891. The fourth-order valence-electron chi connectivity index (χ4n) is 0.984. The molecule has 1 N–H and O–H groups in total. The van der Waals surface area contributed by atoms with Gasteiger partial charge in [-0.1, -0.05) is 28.1 Å². The van der Waals surface area contributed by atoms with Crippen molar-refractivity contribution in [2.75, 3.05) is 0 Å². The Bertz CT molecular complexity index is 325. The van der Waals surface area contributed by atoms with E-state index in [4.69, 9.17) is 5.11 Å². The van der Waals surface area contributed by atoms with Crippen LogP contribution in [0.1, 0.15) is 11.1 Å². The number of benzene rings is 1. The molecule has 0 unspecified atom stereocenters. The molecule has 0 radical (unpaired) electrons. The van der Waals surface area contributed by atoms with E-state index >= 15 is 0 Å². The number of hydrogen-bond donors (Lipinski definition) is 1. The lowest BCUT2D eigenvalue weighted by atomic mass is 10.1. The fourth-order valence-corrected chi connectivity index (χ4v) is 1.52. The van der Waals surface area contributed by atoms with Gasteiger partial charge in [-0.15, -0.1) is 0 Å². The molecule has 0 atom stereocenters. The Morgan fingerprint density at radius 3 is 2.69 bits per heavy atom. The maximum Gasteiger partial charge on any atom is 0.307 e. The van der Waals surface area contributed by atoms with Crippen molar-refractivity contribution in [3.63, 3.8) is 0 Å². The molecule has 0 spiro atoms. The van der Waals surface area contributed by atoms with E-state index in [0.29, 0.717) is 15.6 Å². The molecule has 0 fully saturated rings. The molecule has 0 saturated heterocycles. The number of carboxylic acid groups (broad SMARTS) is 1. The minimum atomic E-state index is -0.889. The van der Waals surface area contributed by atoms with Gasteiger partial charge in [-0.25, -0.2) is 4.39 Å². The zero-order chi connectivity index (χ0) is 9.84. The van der Waals surface area contributed by atoms with Gasteiger partial charge in [0.25, 0.3) is 0 Å². The van der Waals surface area contributed by atoms with Crippen LogP contribution in [-0.2, 0) is 17.9 Å². The van der Waals surface area contributed by atoms with Gasteiger partial charge in [0.1, 0.15) is 6.67 Å². The number of carbonyl (C=O) groups is 1. The molecule has 4 heteroatoms. The van der Waals surface area contributed by atoms with E-state index < -0.39 is 12.6 Å². The standard InChI is InChI=1S/C9H8BrFO2/c10-8-3-6(4-9(12)13)1-2-7(8)5-11/h1-3H,4-5H2,(H,12,13). The normalized spacial score (nSPS) is 10.0. The van der Waals surface area contributed by atoms with Gasteiger partial charge < -0.3 is 5.11 Å². The topological polar surface area (TPSA) is 37.3 Å². The predicted molar refractivity (Wildman–Crippen MR) is 50.3 cm³/mol. The molecule has 0 aromatic heterocycles. The first-order chi connectivity index (χ1) is 6.13. The predicted octanol–water partition coefficient (Wildman–Crippen LogP) is 2.55. The summed E-state index contributed by atoms with van der Waals surface area (Å²) in [5, 5.41) is 8.49. The van der Waals surface area contributed by atoms with Crippen molar-refractivity contribution < 1.29 is 14.3 Å². The molecule has 0 heterocycles. The van der Waals surface area contributed by atoms with Gasteiger partial charge in [0.2, 0.25) is 0 Å². The lowest BCUT2D eigenvalue weighted by Gasteiger charge is -2.01. The average molecular weight is 247 g/mol. The minimum Gasteiger partial charge on any atom is -0.481 e. The molecule has 70 valence electrons. The number of aliphatic carboxylic acids is 1. The summed E-state index contributed by atoms with van der Waals surface area (Å²) in [7, 11) is 0. The second-order valence-corrected chi connectivity index (χ2v) is 3.48. The smallest absolute Gasteiger partial charge is 0.307 e. The summed E-state index contributed by atoms with van der Waals surface area (Å²) in [6.45, 7) is -0.548. The summed E-state index contributed by atoms with van der Waals surface area (Å²) in [6.07, 6.45) is -0.0365. The third kappa shape index (κ3) is 2.81. The second kappa shape index (κ2) is 4.37. The lowest BCUT2D eigenvalue weighted by Crippen LogP contribution is -2.00. The van der Waals surface area contributed by atoms with E-state index in [-0.39, 0.29) is 6.42 Å². The van der Waals surface area contributed by atoms with Crippen molar-refractivity contribution in [2.45, 2.75) is 13.1 Å². The monoisotopic (exact) mass is 246 g/mol. The highest BCUT2D eigenvalue weighted by Crippen LogP contribution is 2.19. The minimum absolute atomic E-state index is 0.0365. The van der Waals surface area contributed by atoms with Crippen LogP contribution in [0.25, 0.3) is 0 Å². The SMILES string of the molecule is O=C(O)Cc1ccc(CF)c(Br)c1. The van der Waals surface area contributed by atoms with E-state index in [1.807, 2.05) is 0 Å². The van der Waals surface area contributed by atoms with Gasteiger partial charge in [0, 0.05) is 4.47 Å². The highest BCUT2D eigenvalue weighted by Gasteiger charge is 2.04. The molecule has 2 nitrogen and oxygen atoms in total. The van der Waals surface area contributed by atoms with Crippen LogP contribution in [0.5, 0.6) is 0 Å². The molecule has 0 aliphatic carbocycles. The van der Waals surface area contributed by atoms with Gasteiger partial charge in [-0.05, 0) is 17.2 Å². The van der Waals surface area contributed by atoms with Crippen molar-refractivity contribution in [2.24, 2.45) is 0 Å². The summed E-state index contributed by atoms with van der Waals surface area (Å²) in [6, 6.07) is 4.83. The fraction of sp³-hybridized carbons (Fsp3) is 0.222. The molecule has 0 saturated carbocycles. The Kier molecular flexibility index (Phi) is 3.42. The largest absolute Gasteiger partial charge is 0.481 e. The molecule has 0 aliphatic rings. The summed E-state index contributed by atoms with van der Waals surface area (Å²) < 4.78 is 12.9. The van der Waals surface area contributed by atoms with Crippen LogP contribution in [0, 0.1) is 0 Å². The molecule has 13 heavy (non-hydrogen) atoms. The highest BCUT2D eigenvalue weighted by molar-refractivity contribution is 9.10. The van der Waals surface area contributed by atoms with Crippen molar-refractivity contribution >= 4 is 21.9 Å². The van der Waals surface area contributed by atoms with Gasteiger partial charge in [0.05, 0.1) is 6.42 Å². The Morgan fingerprint density at radius 1 is 1.54 bits per heavy atom. The number of rotatable bonds is 3. The summed E-state index contributed by atoms with van der Waals surface area (Å²) in [4.78, 5) is 10.3. The summed E-state index contributed by atoms with van der Waals surface area (Å²) in [5.41, 5.74) is 1.20. The first-order valence-electron chi connectivity index (χ1n) is 3.68. The molecule has 0 aliphatic heterocycles. The van der Waals surface area contributed by atoms with Crippen molar-refractivity contribution in [1.29, 1.82) is 0 Å². The molecule has 0 amide bonds. The van der Waals surface area contributed by atoms with Gasteiger partial charge in [0.15, 0.2) is 0 Å². The highest BCUT2D eigenvalue weighted by atomic mass is 79.9. The molecule has 0 bridgehead atoms. The summed E-state index contributed by atoms with van der Waals surface area (Å²) in [5.74, 6) is -0.889. The third-order valence-corrected chi connectivity index (χ3v) is 2.35. The van der Waals surface area contributed by atoms with E-state index in [0.717, 1.165) is 0 Å². The number of alkyl halides is 1. The Balaban J connectivity index is 2.89. The van der Waals surface area contributed by atoms with E-state index in [1.165, 1.54) is 0 Å². The zero-order valence-electron chi connectivity index (χ0n) is 6.76. The van der Waals surface area contributed by atoms with Crippen LogP contribution in [0.15, 0.2) is 22.7 Å². The van der Waals surface area contributed by atoms with E-state index in [9.17, 15) is 9.18 Å². The van der Waals surface area contributed by atoms with E-state index in [1.54, 1.807) is 18.2 Å². The maximum absolute atomic E-state index is 12.2. The maximum atomic E-state index is 12.2. The Hall–Kier alpha value is -0.900. The molecular weight excluding hydrogens is 239 g/mol. The van der Waals surface area contributed by atoms with Crippen LogP contribution in [0.3, 0.4) is 0 Å².